The number of hydrogen-bond acceptors (Lipinski definition) is 9. The summed E-state index contributed by atoms with van der Waals surface area (Å²) in [5, 5.41) is 3.91. The van der Waals surface area contributed by atoms with Crippen molar-refractivity contribution in [2.75, 3.05) is 38.2 Å². The standard InChI is InChI=1S/C18H20N6O4/c1-26-16-10-14(19-12-20-16)23-5-7-24(8-6-23)17(25)3-2-15-21-18(22-28-15)13-4-9-27-11-13/h4,9-12H,2-3,5-8H2,1H3. The van der Waals surface area contributed by atoms with Crippen LogP contribution in [0.15, 0.2) is 39.9 Å². The largest absolute Gasteiger partial charge is 0.481 e. The summed E-state index contributed by atoms with van der Waals surface area (Å²) in [4.78, 5) is 29.1. The van der Waals surface area contributed by atoms with E-state index in [1.165, 1.54) is 6.33 Å². The summed E-state index contributed by atoms with van der Waals surface area (Å²) in [5.74, 6) is 2.30. The van der Waals surface area contributed by atoms with Crippen molar-refractivity contribution in [2.45, 2.75) is 12.8 Å². The summed E-state index contributed by atoms with van der Waals surface area (Å²) < 4.78 is 15.4. The molecule has 0 radical (unpaired) electrons. The summed E-state index contributed by atoms with van der Waals surface area (Å²) in [6.07, 6.45) is 5.31. The topological polar surface area (TPSA) is 111 Å². The van der Waals surface area contributed by atoms with Crippen LogP contribution >= 0.6 is 0 Å². The molecule has 1 fully saturated rings. The van der Waals surface area contributed by atoms with Crippen LogP contribution in [0, 0.1) is 0 Å². The lowest BCUT2D eigenvalue weighted by atomic mass is 10.2. The highest BCUT2D eigenvalue weighted by Gasteiger charge is 2.22. The van der Waals surface area contributed by atoms with E-state index in [9.17, 15) is 4.79 Å². The molecule has 3 aromatic heterocycles. The van der Waals surface area contributed by atoms with Crippen molar-refractivity contribution < 1.29 is 18.5 Å². The summed E-state index contributed by atoms with van der Waals surface area (Å²) >= 11 is 0. The zero-order valence-corrected chi connectivity index (χ0v) is 15.4. The van der Waals surface area contributed by atoms with Crippen LogP contribution in [0.25, 0.3) is 11.4 Å². The van der Waals surface area contributed by atoms with E-state index in [2.05, 4.69) is 25.0 Å². The predicted octanol–water partition coefficient (Wildman–Crippen LogP) is 1.41. The van der Waals surface area contributed by atoms with Gasteiger partial charge < -0.3 is 23.5 Å². The fraction of sp³-hybridized carbons (Fsp3) is 0.389. The average molecular weight is 384 g/mol. The molecule has 1 saturated heterocycles. The lowest BCUT2D eigenvalue weighted by Crippen LogP contribution is -2.49. The number of anilines is 1. The van der Waals surface area contributed by atoms with Crippen LogP contribution in [-0.2, 0) is 11.2 Å². The minimum atomic E-state index is 0.0722. The summed E-state index contributed by atoms with van der Waals surface area (Å²) in [7, 11) is 1.57. The summed E-state index contributed by atoms with van der Waals surface area (Å²) in [6.45, 7) is 2.68. The minimum Gasteiger partial charge on any atom is -0.481 e. The molecule has 10 nitrogen and oxygen atoms in total. The van der Waals surface area contributed by atoms with Gasteiger partial charge in [-0.1, -0.05) is 5.16 Å². The van der Waals surface area contributed by atoms with Gasteiger partial charge in [0.2, 0.25) is 23.5 Å². The van der Waals surface area contributed by atoms with Crippen molar-refractivity contribution in [3.8, 4) is 17.3 Å². The van der Waals surface area contributed by atoms with Crippen molar-refractivity contribution >= 4 is 11.7 Å². The number of aryl methyl sites for hydroxylation is 1. The van der Waals surface area contributed by atoms with Gasteiger partial charge in [-0.05, 0) is 6.07 Å². The van der Waals surface area contributed by atoms with Crippen LogP contribution in [-0.4, -0.2) is 64.2 Å². The van der Waals surface area contributed by atoms with Crippen LogP contribution in [0.2, 0.25) is 0 Å². The van der Waals surface area contributed by atoms with Crippen LogP contribution in [0.3, 0.4) is 0 Å². The number of amides is 1. The molecule has 4 rings (SSSR count). The Morgan fingerprint density at radius 3 is 2.86 bits per heavy atom. The van der Waals surface area contributed by atoms with Crippen molar-refractivity contribution in [2.24, 2.45) is 0 Å². The Kier molecular flexibility index (Phi) is 5.18. The maximum atomic E-state index is 12.5. The SMILES string of the molecule is COc1cc(N2CCN(C(=O)CCc3nc(-c4ccoc4)no3)CC2)ncn1. The molecule has 0 aliphatic carbocycles. The third-order valence-electron chi connectivity index (χ3n) is 4.59. The average Bonchev–Trinajstić information content (AvgIpc) is 3.44. The molecule has 146 valence electrons. The van der Waals surface area contributed by atoms with Gasteiger partial charge in [-0.3, -0.25) is 4.79 Å². The van der Waals surface area contributed by atoms with Gasteiger partial charge in [-0.15, -0.1) is 0 Å². The van der Waals surface area contributed by atoms with E-state index < -0.39 is 0 Å². The third-order valence-corrected chi connectivity index (χ3v) is 4.59. The van der Waals surface area contributed by atoms with E-state index in [1.807, 2.05) is 4.90 Å². The van der Waals surface area contributed by atoms with Gasteiger partial charge in [0.1, 0.15) is 18.4 Å². The molecule has 0 saturated carbocycles. The molecule has 0 spiro atoms. The summed E-state index contributed by atoms with van der Waals surface area (Å²) in [5.41, 5.74) is 0.749. The smallest absolute Gasteiger partial charge is 0.227 e. The second-order valence-corrected chi connectivity index (χ2v) is 6.31. The first-order chi connectivity index (χ1) is 13.7. The Labute approximate surface area is 161 Å². The molecule has 0 atom stereocenters. The van der Waals surface area contributed by atoms with E-state index in [0.29, 0.717) is 56.6 Å². The Balaban J connectivity index is 1.27. The molecule has 4 heterocycles. The number of piperazine rings is 1. The van der Waals surface area contributed by atoms with Gasteiger partial charge in [-0.2, -0.15) is 4.98 Å². The first-order valence-electron chi connectivity index (χ1n) is 8.97. The predicted molar refractivity (Wildman–Crippen MR) is 97.7 cm³/mol. The van der Waals surface area contributed by atoms with E-state index in [-0.39, 0.29) is 5.91 Å². The molecule has 1 aliphatic rings. The van der Waals surface area contributed by atoms with Crippen LogP contribution < -0.4 is 9.64 Å². The zero-order valence-electron chi connectivity index (χ0n) is 15.4. The fourth-order valence-corrected chi connectivity index (χ4v) is 3.04. The quantitative estimate of drug-likeness (QED) is 0.623. The van der Waals surface area contributed by atoms with Crippen LogP contribution in [0.5, 0.6) is 5.88 Å². The Morgan fingerprint density at radius 1 is 1.25 bits per heavy atom. The maximum Gasteiger partial charge on any atom is 0.227 e. The van der Waals surface area contributed by atoms with Crippen molar-refractivity contribution in [1.29, 1.82) is 0 Å². The molecular formula is C18H20N6O4. The van der Waals surface area contributed by atoms with E-state index in [1.54, 1.807) is 31.8 Å². The zero-order chi connectivity index (χ0) is 19.3. The van der Waals surface area contributed by atoms with Gasteiger partial charge in [-0.25, -0.2) is 9.97 Å². The molecule has 1 amide bonds. The van der Waals surface area contributed by atoms with Gasteiger partial charge in [0.15, 0.2) is 0 Å². The number of nitrogens with zero attached hydrogens (tertiary/aromatic N) is 6. The van der Waals surface area contributed by atoms with E-state index in [4.69, 9.17) is 13.7 Å². The number of carbonyl (C=O) groups excluding carboxylic acids is 1. The first-order valence-corrected chi connectivity index (χ1v) is 8.97. The number of ether oxygens (including phenoxy) is 1. The molecule has 28 heavy (non-hydrogen) atoms. The maximum absolute atomic E-state index is 12.5. The molecule has 0 aromatic carbocycles. The number of carbonyl (C=O) groups is 1. The molecule has 10 heteroatoms. The van der Waals surface area contributed by atoms with Gasteiger partial charge >= 0.3 is 0 Å². The summed E-state index contributed by atoms with van der Waals surface area (Å²) in [6, 6.07) is 3.55. The molecule has 0 N–H and O–H groups in total. The fourth-order valence-electron chi connectivity index (χ4n) is 3.04. The second-order valence-electron chi connectivity index (χ2n) is 6.31. The Morgan fingerprint density at radius 2 is 2.11 bits per heavy atom. The molecular weight excluding hydrogens is 364 g/mol. The lowest BCUT2D eigenvalue weighted by Gasteiger charge is -2.35. The highest BCUT2D eigenvalue weighted by atomic mass is 16.5. The number of hydrogen-bond donors (Lipinski definition) is 0. The van der Waals surface area contributed by atoms with Crippen molar-refractivity contribution in [3.63, 3.8) is 0 Å². The van der Waals surface area contributed by atoms with Gasteiger partial charge in [0, 0.05) is 45.1 Å². The normalized spacial score (nSPS) is 14.3. The minimum absolute atomic E-state index is 0.0722. The Bertz CT molecular complexity index is 918. The van der Waals surface area contributed by atoms with E-state index >= 15 is 0 Å². The number of aromatic nitrogens is 4. The molecule has 3 aromatic rings. The third kappa shape index (κ3) is 3.95. The van der Waals surface area contributed by atoms with Gasteiger partial charge in [0.05, 0.1) is 18.9 Å². The lowest BCUT2D eigenvalue weighted by molar-refractivity contribution is -0.131. The second kappa shape index (κ2) is 8.07. The molecule has 0 unspecified atom stereocenters. The van der Waals surface area contributed by atoms with Gasteiger partial charge in [0.25, 0.3) is 0 Å². The number of methoxy groups -OCH3 is 1. The first kappa shape index (κ1) is 18.0. The van der Waals surface area contributed by atoms with Crippen LogP contribution in [0.1, 0.15) is 12.3 Å². The number of furan rings is 1. The molecule has 1 aliphatic heterocycles. The van der Waals surface area contributed by atoms with Crippen LogP contribution in [0.4, 0.5) is 5.82 Å². The Hall–Kier alpha value is -3.43. The van der Waals surface area contributed by atoms with Crippen molar-refractivity contribution in [1.82, 2.24) is 25.0 Å². The highest BCUT2D eigenvalue weighted by Crippen LogP contribution is 2.19. The van der Waals surface area contributed by atoms with Crippen molar-refractivity contribution in [3.05, 3.63) is 36.9 Å². The highest BCUT2D eigenvalue weighted by molar-refractivity contribution is 5.76. The number of rotatable bonds is 6. The monoisotopic (exact) mass is 384 g/mol. The molecule has 0 bridgehead atoms. The van der Waals surface area contributed by atoms with E-state index in [0.717, 1.165) is 11.4 Å².